The molecule has 0 atom stereocenters. The molecule has 0 saturated carbocycles. The quantitative estimate of drug-likeness (QED) is 0.274. The van der Waals surface area contributed by atoms with Gasteiger partial charge in [0.05, 0.1) is 0 Å². The summed E-state index contributed by atoms with van der Waals surface area (Å²) >= 11 is 0. The summed E-state index contributed by atoms with van der Waals surface area (Å²) in [5, 5.41) is 5.24. The van der Waals surface area contributed by atoms with Crippen molar-refractivity contribution in [3.63, 3.8) is 0 Å². The Balaban J connectivity index is 1.98. The van der Waals surface area contributed by atoms with Crippen molar-refractivity contribution < 1.29 is 0 Å². The van der Waals surface area contributed by atoms with Crippen LogP contribution in [-0.2, 0) is 0 Å². The standard InChI is InChI=1S/C29H24/c1-19-12-14-22(15-13-19)28-24-8-4-6-10-26(24)29(27-11-7-5-9-25(27)28)23-17-20(2)16-21(3)18-23/h4-18H,1-3H3. The van der Waals surface area contributed by atoms with Crippen LogP contribution < -0.4 is 0 Å². The van der Waals surface area contributed by atoms with Gasteiger partial charge >= 0.3 is 0 Å². The number of aryl methyl sites for hydroxylation is 3. The fourth-order valence-electron chi connectivity index (χ4n) is 4.59. The zero-order chi connectivity index (χ0) is 20.0. The molecular formula is C29H24. The lowest BCUT2D eigenvalue weighted by Gasteiger charge is -2.18. The Morgan fingerprint density at radius 1 is 0.379 bits per heavy atom. The smallest absolute Gasteiger partial charge is 0.00262 e. The predicted molar refractivity (Wildman–Crippen MR) is 127 cm³/mol. The van der Waals surface area contributed by atoms with Gasteiger partial charge < -0.3 is 0 Å². The van der Waals surface area contributed by atoms with Crippen molar-refractivity contribution in [1.82, 2.24) is 0 Å². The van der Waals surface area contributed by atoms with E-state index in [0.717, 1.165) is 0 Å². The zero-order valence-corrected chi connectivity index (χ0v) is 17.2. The van der Waals surface area contributed by atoms with Gasteiger partial charge in [0, 0.05) is 0 Å². The molecular weight excluding hydrogens is 348 g/mol. The second-order valence-corrected chi connectivity index (χ2v) is 8.08. The first-order valence-electron chi connectivity index (χ1n) is 10.2. The van der Waals surface area contributed by atoms with Crippen LogP contribution >= 0.6 is 0 Å². The molecule has 5 rings (SSSR count). The topological polar surface area (TPSA) is 0 Å². The summed E-state index contributed by atoms with van der Waals surface area (Å²) in [5.74, 6) is 0. The van der Waals surface area contributed by atoms with Crippen LogP contribution in [-0.4, -0.2) is 0 Å². The van der Waals surface area contributed by atoms with Gasteiger partial charge in [0.2, 0.25) is 0 Å². The molecule has 140 valence electrons. The van der Waals surface area contributed by atoms with Crippen LogP contribution in [0, 0.1) is 20.8 Å². The van der Waals surface area contributed by atoms with E-state index in [1.54, 1.807) is 0 Å². The third-order valence-electron chi connectivity index (χ3n) is 5.78. The van der Waals surface area contributed by atoms with E-state index in [1.165, 1.54) is 60.5 Å². The molecule has 0 saturated heterocycles. The van der Waals surface area contributed by atoms with Crippen LogP contribution in [0.15, 0.2) is 91.0 Å². The van der Waals surface area contributed by atoms with E-state index in [2.05, 4.69) is 112 Å². The van der Waals surface area contributed by atoms with Crippen molar-refractivity contribution in [2.75, 3.05) is 0 Å². The first-order chi connectivity index (χ1) is 14.1. The predicted octanol–water partition coefficient (Wildman–Crippen LogP) is 8.25. The van der Waals surface area contributed by atoms with Crippen molar-refractivity contribution in [2.45, 2.75) is 20.8 Å². The first-order valence-corrected chi connectivity index (χ1v) is 10.2. The van der Waals surface area contributed by atoms with Crippen LogP contribution in [0.1, 0.15) is 16.7 Å². The van der Waals surface area contributed by atoms with Gasteiger partial charge in [-0.05, 0) is 64.6 Å². The van der Waals surface area contributed by atoms with Gasteiger partial charge in [0.25, 0.3) is 0 Å². The summed E-state index contributed by atoms with van der Waals surface area (Å²) < 4.78 is 0. The van der Waals surface area contributed by atoms with E-state index in [1.807, 2.05) is 0 Å². The molecule has 0 spiro atoms. The SMILES string of the molecule is Cc1ccc(-c2c3ccccc3c(-c3cc(C)cc(C)c3)c3ccccc23)cc1. The van der Waals surface area contributed by atoms with E-state index in [4.69, 9.17) is 0 Å². The van der Waals surface area contributed by atoms with Crippen molar-refractivity contribution >= 4 is 21.5 Å². The summed E-state index contributed by atoms with van der Waals surface area (Å²) in [4.78, 5) is 0. The summed E-state index contributed by atoms with van der Waals surface area (Å²) in [6.07, 6.45) is 0. The van der Waals surface area contributed by atoms with E-state index >= 15 is 0 Å². The van der Waals surface area contributed by atoms with Crippen molar-refractivity contribution in [3.05, 3.63) is 108 Å². The van der Waals surface area contributed by atoms with Gasteiger partial charge in [-0.3, -0.25) is 0 Å². The number of hydrogen-bond acceptors (Lipinski definition) is 0. The van der Waals surface area contributed by atoms with Gasteiger partial charge in [0.15, 0.2) is 0 Å². The second kappa shape index (κ2) is 6.90. The van der Waals surface area contributed by atoms with Crippen LogP contribution in [0.3, 0.4) is 0 Å². The molecule has 0 N–H and O–H groups in total. The average Bonchev–Trinajstić information content (AvgIpc) is 2.72. The van der Waals surface area contributed by atoms with E-state index in [9.17, 15) is 0 Å². The molecule has 5 aromatic carbocycles. The third-order valence-corrected chi connectivity index (χ3v) is 5.78. The van der Waals surface area contributed by atoms with Crippen LogP contribution in [0.5, 0.6) is 0 Å². The van der Waals surface area contributed by atoms with E-state index in [-0.39, 0.29) is 0 Å². The van der Waals surface area contributed by atoms with Crippen LogP contribution in [0.2, 0.25) is 0 Å². The molecule has 0 fully saturated rings. The minimum absolute atomic E-state index is 1.27. The minimum atomic E-state index is 1.27. The Morgan fingerprint density at radius 2 is 0.793 bits per heavy atom. The highest BCUT2D eigenvalue weighted by atomic mass is 14.2. The highest BCUT2D eigenvalue weighted by Gasteiger charge is 2.16. The van der Waals surface area contributed by atoms with Crippen molar-refractivity contribution in [3.8, 4) is 22.3 Å². The Kier molecular flexibility index (Phi) is 4.21. The molecule has 0 bridgehead atoms. The fraction of sp³-hybridized carbons (Fsp3) is 0.103. The summed E-state index contributed by atoms with van der Waals surface area (Å²) in [6, 6.07) is 33.5. The van der Waals surface area contributed by atoms with E-state index < -0.39 is 0 Å². The highest BCUT2D eigenvalue weighted by Crippen LogP contribution is 2.43. The summed E-state index contributed by atoms with van der Waals surface area (Å²) in [7, 11) is 0. The number of benzene rings is 5. The van der Waals surface area contributed by atoms with Crippen LogP contribution in [0.25, 0.3) is 43.8 Å². The zero-order valence-electron chi connectivity index (χ0n) is 17.2. The maximum Gasteiger partial charge on any atom is -0.00262 e. The molecule has 0 amide bonds. The normalized spacial score (nSPS) is 11.3. The summed E-state index contributed by atoms with van der Waals surface area (Å²) in [5.41, 5.74) is 9.12. The number of hydrogen-bond donors (Lipinski definition) is 0. The Hall–Kier alpha value is -3.38. The van der Waals surface area contributed by atoms with E-state index in [0.29, 0.717) is 0 Å². The van der Waals surface area contributed by atoms with Gasteiger partial charge in [-0.2, -0.15) is 0 Å². The maximum absolute atomic E-state index is 2.31. The lowest BCUT2D eigenvalue weighted by atomic mass is 9.85. The molecule has 0 aliphatic rings. The molecule has 0 aliphatic carbocycles. The molecule has 0 aliphatic heterocycles. The lowest BCUT2D eigenvalue weighted by Crippen LogP contribution is -1.91. The lowest BCUT2D eigenvalue weighted by molar-refractivity contribution is 1.39. The molecule has 0 unspecified atom stereocenters. The molecule has 0 heterocycles. The molecule has 29 heavy (non-hydrogen) atoms. The number of fused-ring (bicyclic) bond motifs is 2. The van der Waals surface area contributed by atoms with Crippen molar-refractivity contribution in [1.29, 1.82) is 0 Å². The molecule has 0 radical (unpaired) electrons. The molecule has 5 aromatic rings. The second-order valence-electron chi connectivity index (χ2n) is 8.08. The largest absolute Gasteiger partial charge is 0.0616 e. The number of rotatable bonds is 2. The third kappa shape index (κ3) is 3.02. The van der Waals surface area contributed by atoms with Gasteiger partial charge in [-0.1, -0.05) is 108 Å². The minimum Gasteiger partial charge on any atom is -0.0616 e. The fourth-order valence-corrected chi connectivity index (χ4v) is 4.59. The highest BCUT2D eigenvalue weighted by molar-refractivity contribution is 6.21. The van der Waals surface area contributed by atoms with Gasteiger partial charge in [-0.25, -0.2) is 0 Å². The summed E-state index contributed by atoms with van der Waals surface area (Å²) in [6.45, 7) is 6.51. The molecule has 0 heteroatoms. The Labute approximate surface area is 172 Å². The first kappa shape index (κ1) is 17.7. The van der Waals surface area contributed by atoms with Gasteiger partial charge in [0.1, 0.15) is 0 Å². The molecule has 0 nitrogen and oxygen atoms in total. The van der Waals surface area contributed by atoms with Crippen molar-refractivity contribution in [2.24, 2.45) is 0 Å². The average molecular weight is 373 g/mol. The maximum atomic E-state index is 2.31. The Morgan fingerprint density at radius 3 is 1.24 bits per heavy atom. The molecule has 0 aromatic heterocycles. The monoisotopic (exact) mass is 372 g/mol. The van der Waals surface area contributed by atoms with Gasteiger partial charge in [-0.15, -0.1) is 0 Å². The van der Waals surface area contributed by atoms with Crippen LogP contribution in [0.4, 0.5) is 0 Å². The Bertz CT molecular complexity index is 1280.